The SMILES string of the molecule is C[Si](C)=[Zr+2]([C]12C=CC=C1\C=C/C=C\C=C/2)[C]12C=CC=C1\C=C/C=C\C=C/2.[Cl-].[Cl-]. The van der Waals surface area contributed by atoms with E-state index in [0.29, 0.717) is 0 Å². The maximum atomic E-state index is 2.55. The molecule has 4 rings (SSSR count). The average molecular weight is 503 g/mol. The number of rotatable bonds is 2. The second-order valence-electron chi connectivity index (χ2n) is 7.28. The molecule has 0 saturated heterocycles. The van der Waals surface area contributed by atoms with Crippen LogP contribution in [0.5, 0.6) is 0 Å². The predicted octanol–water partition coefficient (Wildman–Crippen LogP) is 0.538. The van der Waals surface area contributed by atoms with E-state index in [1.165, 1.54) is 11.1 Å². The number of allylic oxidation sites excluding steroid dienone is 20. The Labute approximate surface area is 189 Å². The summed E-state index contributed by atoms with van der Waals surface area (Å²) in [6, 6.07) is 0. The van der Waals surface area contributed by atoms with Crippen LogP contribution in [0.3, 0.4) is 0 Å². The van der Waals surface area contributed by atoms with E-state index in [2.05, 4.69) is 122 Å². The quantitative estimate of drug-likeness (QED) is 0.484. The van der Waals surface area contributed by atoms with Gasteiger partial charge in [0.25, 0.3) is 0 Å². The van der Waals surface area contributed by atoms with E-state index >= 15 is 0 Å². The van der Waals surface area contributed by atoms with Gasteiger partial charge in [0, 0.05) is 0 Å². The Kier molecular flexibility index (Phi) is 8.11. The van der Waals surface area contributed by atoms with Gasteiger partial charge in [-0.15, -0.1) is 0 Å². The fraction of sp³-hybridized carbons (Fsp3) is 0.167. The van der Waals surface area contributed by atoms with Crippen LogP contribution in [0.15, 0.2) is 121 Å². The normalized spacial score (nSPS) is 34.6. The molecule has 0 aliphatic heterocycles. The fourth-order valence-electron chi connectivity index (χ4n) is 4.55. The van der Waals surface area contributed by atoms with Gasteiger partial charge < -0.3 is 24.8 Å². The number of hydrogen-bond donors (Lipinski definition) is 0. The first kappa shape index (κ1) is 23.4. The third-order valence-corrected chi connectivity index (χ3v) is 25.9. The molecule has 0 heterocycles. The van der Waals surface area contributed by atoms with Crippen molar-refractivity contribution in [2.75, 3.05) is 0 Å². The van der Waals surface area contributed by atoms with Crippen LogP contribution in [0.2, 0.25) is 19.3 Å². The van der Waals surface area contributed by atoms with Gasteiger partial charge in [-0.1, -0.05) is 0 Å². The zero-order valence-corrected chi connectivity index (χ0v) is 21.1. The van der Waals surface area contributed by atoms with Gasteiger partial charge in [-0.25, -0.2) is 0 Å². The molecular formula is C24H24Cl2SiZr. The second-order valence-corrected chi connectivity index (χ2v) is 25.5. The van der Waals surface area contributed by atoms with Crippen LogP contribution < -0.4 is 24.8 Å². The van der Waals surface area contributed by atoms with Crippen molar-refractivity contribution in [3.05, 3.63) is 121 Å². The van der Waals surface area contributed by atoms with Gasteiger partial charge in [-0.3, -0.25) is 0 Å². The van der Waals surface area contributed by atoms with Crippen LogP contribution in [0.25, 0.3) is 0 Å². The molecule has 2 unspecified atom stereocenters. The van der Waals surface area contributed by atoms with E-state index in [1.54, 1.807) is 0 Å². The molecule has 2 atom stereocenters. The number of halogens is 2. The van der Waals surface area contributed by atoms with E-state index in [0.717, 1.165) is 0 Å². The van der Waals surface area contributed by atoms with Crippen molar-refractivity contribution in [3.8, 4) is 0 Å². The van der Waals surface area contributed by atoms with Gasteiger partial charge in [0.2, 0.25) is 0 Å². The molecule has 0 bridgehead atoms. The van der Waals surface area contributed by atoms with E-state index in [4.69, 9.17) is 0 Å². The van der Waals surface area contributed by atoms with Crippen LogP contribution in [-0.4, -0.2) is 5.43 Å². The summed E-state index contributed by atoms with van der Waals surface area (Å²) in [5, 5.41) is 0. The molecule has 0 aromatic carbocycles. The molecule has 28 heavy (non-hydrogen) atoms. The maximum absolute atomic E-state index is 2.55. The monoisotopic (exact) mass is 500 g/mol. The fourth-order valence-corrected chi connectivity index (χ4v) is 28.6. The van der Waals surface area contributed by atoms with Gasteiger partial charge in [0.1, 0.15) is 0 Å². The van der Waals surface area contributed by atoms with Crippen LogP contribution in [0, 0.1) is 0 Å². The molecule has 0 nitrogen and oxygen atoms in total. The Morgan fingerprint density at radius 2 is 0.964 bits per heavy atom. The molecule has 4 heteroatoms. The van der Waals surface area contributed by atoms with Crippen LogP contribution >= 0.6 is 0 Å². The Balaban J connectivity index is 0.00000140. The predicted molar refractivity (Wildman–Crippen MR) is 112 cm³/mol. The molecule has 0 aromatic rings. The van der Waals surface area contributed by atoms with Crippen LogP contribution in [0.1, 0.15) is 0 Å². The summed E-state index contributed by atoms with van der Waals surface area (Å²) in [5.41, 5.74) is 2.52. The molecule has 0 radical (unpaired) electrons. The second kappa shape index (κ2) is 9.72. The van der Waals surface area contributed by atoms with E-state index in [9.17, 15) is 0 Å². The Morgan fingerprint density at radius 1 is 0.571 bits per heavy atom. The molecule has 142 valence electrons. The van der Waals surface area contributed by atoms with Gasteiger partial charge >= 0.3 is 166 Å². The van der Waals surface area contributed by atoms with Gasteiger partial charge in [0.05, 0.1) is 0 Å². The molecule has 0 amide bonds. The van der Waals surface area contributed by atoms with Gasteiger partial charge in [0.15, 0.2) is 0 Å². The van der Waals surface area contributed by atoms with Crippen molar-refractivity contribution >= 4 is 5.43 Å². The molecule has 4 aliphatic rings. The molecule has 0 saturated carbocycles. The van der Waals surface area contributed by atoms with Crippen LogP contribution in [-0.2, 0) is 20.4 Å². The molecule has 0 spiro atoms. The zero-order valence-electron chi connectivity index (χ0n) is 16.1. The Morgan fingerprint density at radius 3 is 1.39 bits per heavy atom. The number of fused-ring (bicyclic) bond motifs is 2. The third kappa shape index (κ3) is 3.90. The van der Waals surface area contributed by atoms with Crippen LogP contribution in [0.4, 0.5) is 0 Å². The van der Waals surface area contributed by atoms with E-state index in [-0.39, 0.29) is 31.1 Å². The summed E-state index contributed by atoms with van der Waals surface area (Å²) < 4.78 is 0.270. The minimum atomic E-state index is -2.16. The van der Waals surface area contributed by atoms with E-state index in [1.807, 2.05) is 0 Å². The van der Waals surface area contributed by atoms with E-state index < -0.39 is 25.8 Å². The molecular weight excluding hydrogens is 478 g/mol. The smallest absolute Gasteiger partial charge is 1.00 e. The summed E-state index contributed by atoms with van der Waals surface area (Å²) in [6.07, 6.45) is 41.6. The summed E-state index contributed by atoms with van der Waals surface area (Å²) in [4.78, 5) is 0. The Bertz CT molecular complexity index is 891. The third-order valence-electron chi connectivity index (χ3n) is 5.49. The molecule has 0 aromatic heterocycles. The maximum Gasteiger partial charge on any atom is -1.00 e. The first-order valence-electron chi connectivity index (χ1n) is 9.23. The van der Waals surface area contributed by atoms with Crippen molar-refractivity contribution in [2.24, 2.45) is 0 Å². The zero-order chi connectivity index (χ0) is 18.0. The standard InChI is InChI=1S/2C11H9.C2H6Si.2ClH.Zr/c2*1-2-4-7-11-9-5-8-10(11)6-3-1;1-3-2;;;/h2*1-9H;1-2H3;2*1H;/q;;;;;+2/p-2/b2*2-1-,6-3-,7-4-;;;;. The topological polar surface area (TPSA) is 0 Å². The van der Waals surface area contributed by atoms with Crippen molar-refractivity contribution < 1.29 is 45.2 Å². The summed E-state index contributed by atoms with van der Waals surface area (Å²) >= 11 is -2.16. The molecule has 0 N–H and O–H groups in total. The van der Waals surface area contributed by atoms with Crippen molar-refractivity contribution in [1.82, 2.24) is 0 Å². The number of hydrogen-bond acceptors (Lipinski definition) is 0. The van der Waals surface area contributed by atoms with Crippen molar-refractivity contribution in [1.29, 1.82) is 0 Å². The summed E-state index contributed by atoms with van der Waals surface area (Å²) in [5.74, 6) is 0. The largest absolute Gasteiger partial charge is 1.00 e. The molecule has 4 aliphatic carbocycles. The minimum Gasteiger partial charge on any atom is -1.00 e. The van der Waals surface area contributed by atoms with Gasteiger partial charge in [-0.2, -0.15) is 0 Å². The van der Waals surface area contributed by atoms with Gasteiger partial charge in [-0.05, 0) is 0 Å². The van der Waals surface area contributed by atoms with Crippen molar-refractivity contribution in [3.63, 3.8) is 0 Å². The minimum absolute atomic E-state index is 0. The van der Waals surface area contributed by atoms with Crippen molar-refractivity contribution in [2.45, 2.75) is 19.3 Å². The first-order valence-corrected chi connectivity index (χ1v) is 17.9. The average Bonchev–Trinajstić information content (AvgIpc) is 3.13. The summed E-state index contributed by atoms with van der Waals surface area (Å²) in [7, 11) is 0. The first-order chi connectivity index (χ1) is 12.7. The summed E-state index contributed by atoms with van der Waals surface area (Å²) in [6.45, 7) is 5.10. The Hall–Kier alpha value is -0.920. The molecule has 0 fully saturated rings.